The van der Waals surface area contributed by atoms with Gasteiger partial charge in [0.2, 0.25) is 0 Å². The molecule has 0 unspecified atom stereocenters. The summed E-state index contributed by atoms with van der Waals surface area (Å²) < 4.78 is 6.01. The van der Waals surface area contributed by atoms with Gasteiger partial charge in [-0.25, -0.2) is 10.0 Å². The van der Waals surface area contributed by atoms with Gasteiger partial charge in [-0.2, -0.15) is 0 Å². The fraction of sp³-hybridized carbons (Fsp3) is 0.0244. The largest absolute Gasteiger partial charge is 0.462 e. The monoisotopic (exact) mass is 613 g/mol. The SMILES string of the molecule is CC1=CC(=C2C(=O)N(c3ccccc3)N(c3ccccc3)C2=O)C=C(C=Cc2ccc(N(c3ccccc3)c3ccccc3)cc2)O1. The molecule has 6 nitrogen and oxygen atoms in total. The van der Waals surface area contributed by atoms with Crippen LogP contribution >= 0.6 is 0 Å². The molecular formula is C41H31N3O3. The van der Waals surface area contributed by atoms with Crippen LogP contribution in [0, 0.1) is 0 Å². The Morgan fingerprint density at radius 1 is 0.532 bits per heavy atom. The molecule has 2 heterocycles. The molecule has 0 spiro atoms. The fourth-order valence-corrected chi connectivity index (χ4v) is 5.74. The minimum atomic E-state index is -0.400. The first-order chi connectivity index (χ1) is 23.1. The maximum Gasteiger partial charge on any atom is 0.283 e. The number of rotatable bonds is 7. The van der Waals surface area contributed by atoms with Crippen LogP contribution in [0.1, 0.15) is 12.5 Å². The zero-order valence-electron chi connectivity index (χ0n) is 25.7. The average Bonchev–Trinajstić information content (AvgIpc) is 3.38. The fourth-order valence-electron chi connectivity index (χ4n) is 5.74. The van der Waals surface area contributed by atoms with Crippen molar-refractivity contribution in [2.75, 3.05) is 14.9 Å². The molecule has 6 heteroatoms. The van der Waals surface area contributed by atoms with E-state index in [-0.39, 0.29) is 5.57 Å². The lowest BCUT2D eigenvalue weighted by molar-refractivity contribution is -0.116. The molecule has 5 aromatic carbocycles. The third-order valence-corrected chi connectivity index (χ3v) is 7.86. The molecule has 0 aromatic heterocycles. The van der Waals surface area contributed by atoms with E-state index in [1.807, 2.05) is 116 Å². The Morgan fingerprint density at radius 3 is 1.47 bits per heavy atom. The van der Waals surface area contributed by atoms with Crippen LogP contribution in [0.5, 0.6) is 0 Å². The minimum absolute atomic E-state index is 0.0810. The highest BCUT2D eigenvalue weighted by Gasteiger charge is 2.44. The Bertz CT molecular complexity index is 1930. The number of ether oxygens (including phenoxy) is 1. The average molecular weight is 614 g/mol. The lowest BCUT2D eigenvalue weighted by Gasteiger charge is -2.27. The molecule has 0 aliphatic carbocycles. The highest BCUT2D eigenvalue weighted by molar-refractivity contribution is 6.36. The lowest BCUT2D eigenvalue weighted by Crippen LogP contribution is -2.41. The van der Waals surface area contributed by atoms with E-state index >= 15 is 0 Å². The Hall–Kier alpha value is -6.40. The van der Waals surface area contributed by atoms with E-state index in [0.29, 0.717) is 28.5 Å². The summed E-state index contributed by atoms with van der Waals surface area (Å²) in [4.78, 5) is 30.1. The summed E-state index contributed by atoms with van der Waals surface area (Å²) in [7, 11) is 0. The number of nitrogens with zero attached hydrogens (tertiary/aromatic N) is 3. The number of carbonyl (C=O) groups is 2. The Kier molecular flexibility index (Phi) is 8.05. The molecule has 228 valence electrons. The quantitative estimate of drug-likeness (QED) is 0.136. The molecule has 2 aliphatic heterocycles. The van der Waals surface area contributed by atoms with Crippen molar-refractivity contribution in [1.82, 2.24) is 0 Å². The summed E-state index contributed by atoms with van der Waals surface area (Å²) in [6, 6.07) is 47.2. The third-order valence-electron chi connectivity index (χ3n) is 7.86. The molecule has 2 aliphatic rings. The molecule has 2 amide bonds. The molecule has 0 radical (unpaired) electrons. The van der Waals surface area contributed by atoms with Crippen LogP contribution in [0.4, 0.5) is 28.4 Å². The van der Waals surface area contributed by atoms with Crippen LogP contribution in [0.25, 0.3) is 6.08 Å². The van der Waals surface area contributed by atoms with E-state index in [2.05, 4.69) is 53.4 Å². The molecule has 0 atom stereocenters. The number of anilines is 5. The normalized spacial score (nSPS) is 14.7. The predicted octanol–water partition coefficient (Wildman–Crippen LogP) is 9.28. The highest BCUT2D eigenvalue weighted by Crippen LogP contribution is 2.36. The second-order valence-electron chi connectivity index (χ2n) is 11.1. The Labute approximate surface area is 274 Å². The number of benzene rings is 5. The Morgan fingerprint density at radius 2 is 0.979 bits per heavy atom. The van der Waals surface area contributed by atoms with Gasteiger partial charge >= 0.3 is 0 Å². The topological polar surface area (TPSA) is 53.1 Å². The molecule has 7 rings (SSSR count). The summed E-state index contributed by atoms with van der Waals surface area (Å²) in [6.07, 6.45) is 7.28. The van der Waals surface area contributed by atoms with Gasteiger partial charge in [0.1, 0.15) is 17.1 Å². The van der Waals surface area contributed by atoms with E-state index in [0.717, 1.165) is 22.6 Å². The van der Waals surface area contributed by atoms with E-state index in [1.165, 1.54) is 10.0 Å². The number of allylic oxidation sites excluding steroid dienone is 5. The maximum atomic E-state index is 14.0. The summed E-state index contributed by atoms with van der Waals surface area (Å²) >= 11 is 0. The summed E-state index contributed by atoms with van der Waals surface area (Å²) in [5, 5.41) is 2.86. The second-order valence-corrected chi connectivity index (χ2v) is 11.1. The number of carbonyl (C=O) groups excluding carboxylic acids is 2. The number of amides is 2. The van der Waals surface area contributed by atoms with Gasteiger partial charge in [-0.15, -0.1) is 0 Å². The van der Waals surface area contributed by atoms with Crippen molar-refractivity contribution in [2.45, 2.75) is 6.92 Å². The van der Waals surface area contributed by atoms with Crippen molar-refractivity contribution in [3.05, 3.63) is 192 Å². The van der Waals surface area contributed by atoms with E-state index in [1.54, 1.807) is 12.2 Å². The minimum Gasteiger partial charge on any atom is -0.462 e. The predicted molar refractivity (Wildman–Crippen MR) is 188 cm³/mol. The Balaban J connectivity index is 1.19. The van der Waals surface area contributed by atoms with Crippen molar-refractivity contribution < 1.29 is 14.3 Å². The van der Waals surface area contributed by atoms with Crippen LogP contribution in [0.15, 0.2) is 186 Å². The van der Waals surface area contributed by atoms with Crippen LogP contribution in [0.2, 0.25) is 0 Å². The zero-order valence-corrected chi connectivity index (χ0v) is 25.7. The van der Waals surface area contributed by atoms with Crippen molar-refractivity contribution in [2.24, 2.45) is 0 Å². The van der Waals surface area contributed by atoms with Crippen molar-refractivity contribution in [3.63, 3.8) is 0 Å². The molecule has 1 fully saturated rings. The van der Waals surface area contributed by atoms with E-state index < -0.39 is 11.8 Å². The molecule has 0 bridgehead atoms. The standard InChI is InChI=1S/C41H31N3O3/c1-30-28-32(39-40(45)43(36-18-10-4-11-19-36)44(41(39)46)37-20-12-5-13-21-37)29-38(47-30)27-24-31-22-25-35(26-23-31)42(33-14-6-2-7-15-33)34-16-8-3-9-17-34/h2-29H,1H3. The van der Waals surface area contributed by atoms with Crippen LogP contribution in [-0.2, 0) is 14.3 Å². The number of hydrogen-bond acceptors (Lipinski definition) is 4. The van der Waals surface area contributed by atoms with Gasteiger partial charge in [0.05, 0.1) is 11.4 Å². The van der Waals surface area contributed by atoms with Gasteiger partial charge in [0, 0.05) is 17.1 Å². The zero-order chi connectivity index (χ0) is 32.2. The summed E-state index contributed by atoms with van der Waals surface area (Å²) in [6.45, 7) is 1.81. The van der Waals surface area contributed by atoms with Gasteiger partial charge < -0.3 is 9.64 Å². The molecular weight excluding hydrogens is 582 g/mol. The van der Waals surface area contributed by atoms with E-state index in [4.69, 9.17) is 4.74 Å². The van der Waals surface area contributed by atoms with Crippen LogP contribution in [-0.4, -0.2) is 11.8 Å². The molecule has 5 aromatic rings. The van der Waals surface area contributed by atoms with E-state index in [9.17, 15) is 9.59 Å². The summed E-state index contributed by atoms with van der Waals surface area (Å²) in [5.74, 6) is 0.304. The number of para-hydroxylation sites is 4. The van der Waals surface area contributed by atoms with Crippen LogP contribution < -0.4 is 14.9 Å². The van der Waals surface area contributed by atoms with Crippen molar-refractivity contribution >= 4 is 46.3 Å². The first kappa shape index (κ1) is 29.3. The highest BCUT2D eigenvalue weighted by atomic mass is 16.5. The van der Waals surface area contributed by atoms with Gasteiger partial charge in [-0.1, -0.05) is 91.0 Å². The number of hydrogen-bond donors (Lipinski definition) is 0. The second kappa shape index (κ2) is 12.9. The first-order valence-corrected chi connectivity index (χ1v) is 15.4. The molecule has 0 N–H and O–H groups in total. The smallest absolute Gasteiger partial charge is 0.283 e. The third kappa shape index (κ3) is 6.00. The van der Waals surface area contributed by atoms with Crippen molar-refractivity contribution in [1.29, 1.82) is 0 Å². The van der Waals surface area contributed by atoms with Crippen molar-refractivity contribution in [3.8, 4) is 0 Å². The molecule has 47 heavy (non-hydrogen) atoms. The molecule has 1 saturated heterocycles. The molecule has 0 saturated carbocycles. The van der Waals surface area contributed by atoms with Gasteiger partial charge in [-0.05, 0) is 97.0 Å². The maximum absolute atomic E-state index is 14.0. The van der Waals surface area contributed by atoms with Gasteiger partial charge in [0.15, 0.2) is 0 Å². The summed E-state index contributed by atoms with van der Waals surface area (Å²) in [5.41, 5.74) is 5.92. The first-order valence-electron chi connectivity index (χ1n) is 15.4. The number of hydrazine groups is 1. The lowest BCUT2D eigenvalue weighted by atomic mass is 10.0. The van der Waals surface area contributed by atoms with Gasteiger partial charge in [-0.3, -0.25) is 9.59 Å². The van der Waals surface area contributed by atoms with Crippen LogP contribution in [0.3, 0.4) is 0 Å². The van der Waals surface area contributed by atoms with Gasteiger partial charge in [0.25, 0.3) is 11.8 Å².